The Labute approximate surface area is 363 Å². The van der Waals surface area contributed by atoms with Crippen LogP contribution in [0.15, 0.2) is 48.6 Å². The molecule has 0 rings (SSSR count). The highest BCUT2D eigenvalue weighted by Gasteiger charge is 2.21. The number of phosphoric ester groups is 1. The van der Waals surface area contributed by atoms with Crippen LogP contribution in [0.3, 0.4) is 0 Å². The third-order valence-electron chi connectivity index (χ3n) is 10.2. The molecule has 0 saturated heterocycles. The minimum atomic E-state index is -4.64. The van der Waals surface area contributed by atoms with E-state index in [2.05, 4.69) is 26.0 Å². The number of esters is 2. The lowest BCUT2D eigenvalue weighted by atomic mass is 10.0. The zero-order valence-electron chi connectivity index (χ0n) is 38.7. The number of hydrogen-bond acceptors (Lipinski definition) is 8. The molecule has 0 radical (unpaired) electrons. The third-order valence-corrected chi connectivity index (χ3v) is 11.2. The smallest absolute Gasteiger partial charge is 0.306 e. The summed E-state index contributed by atoms with van der Waals surface area (Å²) in [5.74, 6) is -0.876. The van der Waals surface area contributed by atoms with Crippen LogP contribution in [0.5, 0.6) is 0 Å². The molecule has 0 saturated carbocycles. The monoisotopic (exact) mass is 852 g/mol. The van der Waals surface area contributed by atoms with Gasteiger partial charge in [0, 0.05) is 12.8 Å². The van der Waals surface area contributed by atoms with Crippen molar-refractivity contribution in [1.29, 1.82) is 0 Å². The lowest BCUT2D eigenvalue weighted by molar-refractivity contribution is -0.870. The highest BCUT2D eigenvalue weighted by atomic mass is 31.2. The van der Waals surface area contributed by atoms with Crippen LogP contribution in [0.1, 0.15) is 200 Å². The number of likely N-dealkylation sites (N-methyl/N-ethyl adjacent to an activating group) is 1. The Morgan fingerprint density at radius 2 is 0.966 bits per heavy atom. The number of allylic oxidation sites excluding steroid dienone is 8. The molecular formula is C49H90NO8P. The van der Waals surface area contributed by atoms with E-state index in [-0.39, 0.29) is 26.1 Å². The molecule has 0 aliphatic carbocycles. The second-order valence-corrected chi connectivity index (χ2v) is 18.6. The van der Waals surface area contributed by atoms with Crippen LogP contribution in [0, 0.1) is 0 Å². The van der Waals surface area contributed by atoms with E-state index in [0.29, 0.717) is 17.4 Å². The van der Waals surface area contributed by atoms with E-state index < -0.39 is 32.5 Å². The minimum absolute atomic E-state index is 0.0393. The molecule has 9 nitrogen and oxygen atoms in total. The van der Waals surface area contributed by atoms with Crippen molar-refractivity contribution in [2.24, 2.45) is 0 Å². The van der Waals surface area contributed by atoms with Crippen molar-refractivity contribution in [3.63, 3.8) is 0 Å². The van der Waals surface area contributed by atoms with Crippen molar-refractivity contribution in [2.75, 3.05) is 47.5 Å². The normalized spacial score (nSPS) is 13.9. The molecule has 0 spiro atoms. The first-order valence-electron chi connectivity index (χ1n) is 23.9. The zero-order chi connectivity index (χ0) is 43.6. The summed E-state index contributed by atoms with van der Waals surface area (Å²) in [5.41, 5.74) is 0. The maximum Gasteiger partial charge on any atom is 0.306 e. The zero-order valence-corrected chi connectivity index (χ0v) is 39.6. The van der Waals surface area contributed by atoms with Crippen LogP contribution >= 0.6 is 7.82 Å². The number of rotatable bonds is 43. The fraction of sp³-hybridized carbons (Fsp3) is 0.796. The average Bonchev–Trinajstić information content (AvgIpc) is 3.19. The first kappa shape index (κ1) is 57.0. The topological polar surface area (TPSA) is 111 Å². The SMILES string of the molecule is CC/C=C/C=C/C=C/C=C/CCCCCC(=O)OC(COC(=O)CCCCCCCCCCCCCCCCCCCCCCCC)COP(=O)([O-])OCC[N+](C)(C)C. The quantitative estimate of drug-likeness (QED) is 0.0196. The Bertz CT molecular complexity index is 1150. The molecule has 0 aromatic heterocycles. The molecule has 2 unspecified atom stereocenters. The molecule has 2 atom stereocenters. The summed E-state index contributed by atoms with van der Waals surface area (Å²) in [5, 5.41) is 0. The van der Waals surface area contributed by atoms with E-state index >= 15 is 0 Å². The Morgan fingerprint density at radius 1 is 0.542 bits per heavy atom. The molecule has 0 aliphatic rings. The molecular weight excluding hydrogens is 762 g/mol. The molecule has 0 amide bonds. The molecule has 0 aromatic rings. The van der Waals surface area contributed by atoms with Crippen molar-refractivity contribution in [3.8, 4) is 0 Å². The van der Waals surface area contributed by atoms with Crippen molar-refractivity contribution in [2.45, 2.75) is 206 Å². The summed E-state index contributed by atoms with van der Waals surface area (Å²) in [6.45, 7) is 4.05. The Morgan fingerprint density at radius 3 is 1.44 bits per heavy atom. The molecule has 0 N–H and O–H groups in total. The van der Waals surface area contributed by atoms with Crippen LogP contribution in [0.4, 0.5) is 0 Å². The molecule has 0 aliphatic heterocycles. The van der Waals surface area contributed by atoms with Gasteiger partial charge in [0.1, 0.15) is 19.8 Å². The maximum atomic E-state index is 12.7. The largest absolute Gasteiger partial charge is 0.756 e. The van der Waals surface area contributed by atoms with E-state index in [4.69, 9.17) is 18.5 Å². The molecule has 344 valence electrons. The number of nitrogens with zero attached hydrogens (tertiary/aromatic N) is 1. The molecule has 0 aromatic carbocycles. The lowest BCUT2D eigenvalue weighted by Crippen LogP contribution is -2.37. The van der Waals surface area contributed by atoms with Crippen LogP contribution in [0.2, 0.25) is 0 Å². The number of quaternary nitrogens is 1. The van der Waals surface area contributed by atoms with Gasteiger partial charge in [0.05, 0.1) is 27.7 Å². The standard InChI is InChI=1S/C49H90NO8P/c1-6-8-10-12-14-16-18-20-21-22-23-24-25-26-27-28-30-31-33-35-37-39-41-48(51)55-45-47(46-57-59(53,54)56-44-43-50(3,4)5)58-49(52)42-40-38-36-34-32-29-19-17-15-13-11-9-7-2/h9,11,13,15,17,19,29,32,47H,6-8,10,12,14,16,18,20-28,30-31,33-46H2,1-5H3/b11-9+,15-13+,19-17+,32-29+. The lowest BCUT2D eigenvalue weighted by Gasteiger charge is -2.28. The summed E-state index contributed by atoms with van der Waals surface area (Å²) >= 11 is 0. The van der Waals surface area contributed by atoms with Crippen LogP contribution in [-0.2, 0) is 32.7 Å². The van der Waals surface area contributed by atoms with Gasteiger partial charge in [-0.1, -0.05) is 204 Å². The van der Waals surface area contributed by atoms with E-state index in [1.165, 1.54) is 122 Å². The number of unbranched alkanes of at least 4 members (excludes halogenated alkanes) is 24. The summed E-state index contributed by atoms with van der Waals surface area (Å²) in [7, 11) is 1.14. The van der Waals surface area contributed by atoms with Gasteiger partial charge in [-0.25, -0.2) is 0 Å². The highest BCUT2D eigenvalue weighted by Crippen LogP contribution is 2.38. The van der Waals surface area contributed by atoms with Gasteiger partial charge in [0.2, 0.25) is 0 Å². The fourth-order valence-corrected chi connectivity index (χ4v) is 7.22. The number of carbonyl (C=O) groups excluding carboxylic acids is 2. The summed E-state index contributed by atoms with van der Waals surface area (Å²) in [6.07, 6.45) is 48.7. The second kappa shape index (κ2) is 41.3. The van der Waals surface area contributed by atoms with Gasteiger partial charge in [-0.3, -0.25) is 14.2 Å². The van der Waals surface area contributed by atoms with Crippen molar-refractivity contribution in [3.05, 3.63) is 48.6 Å². The Hall–Kier alpha value is -2.03. The van der Waals surface area contributed by atoms with Crippen molar-refractivity contribution in [1.82, 2.24) is 0 Å². The first-order valence-corrected chi connectivity index (χ1v) is 25.4. The van der Waals surface area contributed by atoms with Crippen LogP contribution in [-0.4, -0.2) is 70.0 Å². The first-order chi connectivity index (χ1) is 28.5. The minimum Gasteiger partial charge on any atom is -0.756 e. The molecule has 0 heterocycles. The van der Waals surface area contributed by atoms with Gasteiger partial charge < -0.3 is 27.9 Å². The Balaban J connectivity index is 4.24. The van der Waals surface area contributed by atoms with Crippen LogP contribution < -0.4 is 4.89 Å². The molecule has 10 heteroatoms. The van der Waals surface area contributed by atoms with E-state index in [0.717, 1.165) is 44.9 Å². The number of phosphoric acid groups is 1. The summed E-state index contributed by atoms with van der Waals surface area (Å²) in [6, 6.07) is 0. The van der Waals surface area contributed by atoms with Crippen molar-refractivity contribution < 1.29 is 42.1 Å². The van der Waals surface area contributed by atoms with Gasteiger partial charge in [0.15, 0.2) is 6.10 Å². The van der Waals surface area contributed by atoms with E-state index in [1.54, 1.807) is 0 Å². The molecule has 0 bridgehead atoms. The average molecular weight is 852 g/mol. The maximum absolute atomic E-state index is 12.7. The number of hydrogen-bond donors (Lipinski definition) is 0. The number of carbonyl (C=O) groups is 2. The van der Waals surface area contributed by atoms with Crippen LogP contribution in [0.25, 0.3) is 0 Å². The van der Waals surface area contributed by atoms with E-state index in [9.17, 15) is 19.0 Å². The van der Waals surface area contributed by atoms with Gasteiger partial charge in [0.25, 0.3) is 7.82 Å². The van der Waals surface area contributed by atoms with Gasteiger partial charge in [-0.15, -0.1) is 0 Å². The molecule has 0 fully saturated rings. The highest BCUT2D eigenvalue weighted by molar-refractivity contribution is 7.45. The predicted molar refractivity (Wildman–Crippen MR) is 245 cm³/mol. The van der Waals surface area contributed by atoms with Gasteiger partial charge in [-0.2, -0.15) is 0 Å². The van der Waals surface area contributed by atoms with Crippen molar-refractivity contribution >= 4 is 19.8 Å². The Kier molecular flexibility index (Phi) is 39.9. The number of ether oxygens (including phenoxy) is 2. The summed E-state index contributed by atoms with van der Waals surface area (Å²) in [4.78, 5) is 37.6. The van der Waals surface area contributed by atoms with Gasteiger partial charge >= 0.3 is 11.9 Å². The van der Waals surface area contributed by atoms with Gasteiger partial charge in [-0.05, 0) is 32.1 Å². The van der Waals surface area contributed by atoms with E-state index in [1.807, 2.05) is 57.6 Å². The fourth-order valence-electron chi connectivity index (χ4n) is 6.49. The predicted octanol–water partition coefficient (Wildman–Crippen LogP) is 13.2. The second-order valence-electron chi connectivity index (χ2n) is 17.2. The summed E-state index contributed by atoms with van der Waals surface area (Å²) < 4.78 is 33.9. The third kappa shape index (κ3) is 45.3. The molecule has 59 heavy (non-hydrogen) atoms.